The minimum absolute atomic E-state index is 0.0492. The number of furan rings is 1. The van der Waals surface area contributed by atoms with Crippen molar-refractivity contribution < 1.29 is 31.9 Å². The van der Waals surface area contributed by atoms with Crippen molar-refractivity contribution in [3.63, 3.8) is 0 Å². The van der Waals surface area contributed by atoms with Crippen molar-refractivity contribution in [3.05, 3.63) is 53.5 Å². The minimum Gasteiger partial charge on any atom is -0.486 e. The van der Waals surface area contributed by atoms with Gasteiger partial charge in [-0.05, 0) is 35.7 Å². The molecule has 0 N–H and O–H groups in total. The molecule has 7 heteroatoms. The Bertz CT molecular complexity index is 672. The number of hydrogen-bond donors (Lipinski definition) is 0. The van der Waals surface area contributed by atoms with Gasteiger partial charge in [-0.2, -0.15) is 13.2 Å². The Hall–Kier alpha value is -2.44. The minimum atomic E-state index is -4.57. The maximum Gasteiger partial charge on any atom is 0.422 e. The Kier molecular flexibility index (Phi) is 5.54. The standard InChI is InChI=1S/C17H17F3O4/c1-11(2)12-3-5-13(6-4-12)22-9-14-7-8-15(24-14)16(21)23-10-17(18,19)20/h3-8,11H,9-10H2,1-2H3. The normalized spacial score (nSPS) is 11.6. The van der Waals surface area contributed by atoms with Crippen molar-refractivity contribution in [1.29, 1.82) is 0 Å². The molecule has 2 rings (SSSR count). The molecule has 0 saturated carbocycles. The molecule has 2 aromatic rings. The Morgan fingerprint density at radius 1 is 1.12 bits per heavy atom. The Balaban J connectivity index is 1.88. The average Bonchev–Trinajstić information content (AvgIpc) is 2.99. The van der Waals surface area contributed by atoms with E-state index in [1.165, 1.54) is 17.7 Å². The summed E-state index contributed by atoms with van der Waals surface area (Å²) < 4.78 is 50.7. The van der Waals surface area contributed by atoms with Gasteiger partial charge in [0.15, 0.2) is 6.61 Å². The fraction of sp³-hybridized carbons (Fsp3) is 0.353. The number of benzene rings is 1. The third-order valence-electron chi connectivity index (χ3n) is 3.16. The van der Waals surface area contributed by atoms with Crippen molar-refractivity contribution in [3.8, 4) is 5.75 Å². The first-order valence-electron chi connectivity index (χ1n) is 7.30. The number of carbonyl (C=O) groups excluding carboxylic acids is 1. The first-order chi connectivity index (χ1) is 11.2. The van der Waals surface area contributed by atoms with Crippen molar-refractivity contribution in [2.45, 2.75) is 32.5 Å². The summed E-state index contributed by atoms with van der Waals surface area (Å²) >= 11 is 0. The second-order valence-electron chi connectivity index (χ2n) is 5.47. The zero-order valence-electron chi connectivity index (χ0n) is 13.2. The molecule has 4 nitrogen and oxygen atoms in total. The summed E-state index contributed by atoms with van der Waals surface area (Å²) in [7, 11) is 0. The van der Waals surface area contributed by atoms with Crippen LogP contribution < -0.4 is 4.74 Å². The van der Waals surface area contributed by atoms with Gasteiger partial charge in [0.1, 0.15) is 18.1 Å². The molecule has 130 valence electrons. The van der Waals surface area contributed by atoms with E-state index in [1.807, 2.05) is 24.3 Å². The highest BCUT2D eigenvalue weighted by atomic mass is 19.4. The summed E-state index contributed by atoms with van der Waals surface area (Å²) in [6, 6.07) is 10.2. The van der Waals surface area contributed by atoms with Crippen LogP contribution in [0.2, 0.25) is 0 Å². The van der Waals surface area contributed by atoms with Crippen LogP contribution >= 0.6 is 0 Å². The van der Waals surface area contributed by atoms with Gasteiger partial charge in [-0.1, -0.05) is 26.0 Å². The molecule has 0 bridgehead atoms. The number of ether oxygens (including phenoxy) is 2. The molecule has 24 heavy (non-hydrogen) atoms. The molecule has 1 heterocycles. The number of rotatable bonds is 6. The highest BCUT2D eigenvalue weighted by Gasteiger charge is 2.30. The number of carbonyl (C=O) groups is 1. The summed E-state index contributed by atoms with van der Waals surface area (Å²) in [5, 5.41) is 0. The molecule has 0 aliphatic heterocycles. The lowest BCUT2D eigenvalue weighted by Gasteiger charge is -2.08. The van der Waals surface area contributed by atoms with Crippen LogP contribution in [-0.4, -0.2) is 18.8 Å². The van der Waals surface area contributed by atoms with Gasteiger partial charge in [-0.3, -0.25) is 0 Å². The molecular weight excluding hydrogens is 325 g/mol. The molecule has 0 saturated heterocycles. The van der Waals surface area contributed by atoms with E-state index in [0.29, 0.717) is 17.4 Å². The van der Waals surface area contributed by atoms with E-state index in [9.17, 15) is 18.0 Å². The zero-order chi connectivity index (χ0) is 17.7. The van der Waals surface area contributed by atoms with E-state index in [-0.39, 0.29) is 12.4 Å². The monoisotopic (exact) mass is 342 g/mol. The van der Waals surface area contributed by atoms with E-state index in [4.69, 9.17) is 9.15 Å². The lowest BCUT2D eigenvalue weighted by molar-refractivity contribution is -0.161. The van der Waals surface area contributed by atoms with Crippen LogP contribution in [0.3, 0.4) is 0 Å². The number of halogens is 3. The third kappa shape index (κ3) is 5.33. The maximum atomic E-state index is 12.0. The highest BCUT2D eigenvalue weighted by molar-refractivity contribution is 5.86. The van der Waals surface area contributed by atoms with Crippen LogP contribution in [0.4, 0.5) is 13.2 Å². The van der Waals surface area contributed by atoms with Crippen molar-refractivity contribution in [2.24, 2.45) is 0 Å². The van der Waals surface area contributed by atoms with Crippen molar-refractivity contribution >= 4 is 5.97 Å². The predicted octanol–water partition coefficient (Wildman–Crippen LogP) is 4.70. The lowest BCUT2D eigenvalue weighted by Crippen LogP contribution is -2.20. The van der Waals surface area contributed by atoms with Crippen LogP contribution in [0, 0.1) is 0 Å². The Labute approximate surface area is 137 Å². The molecule has 0 radical (unpaired) electrons. The summed E-state index contributed by atoms with van der Waals surface area (Å²) in [5.74, 6) is -0.124. The molecule has 0 fully saturated rings. The largest absolute Gasteiger partial charge is 0.486 e. The van der Waals surface area contributed by atoms with E-state index in [2.05, 4.69) is 18.6 Å². The van der Waals surface area contributed by atoms with Gasteiger partial charge >= 0.3 is 12.1 Å². The highest BCUT2D eigenvalue weighted by Crippen LogP contribution is 2.20. The van der Waals surface area contributed by atoms with Crippen LogP contribution in [0.1, 0.15) is 41.6 Å². The van der Waals surface area contributed by atoms with Gasteiger partial charge in [-0.15, -0.1) is 0 Å². The van der Waals surface area contributed by atoms with Crippen LogP contribution in [-0.2, 0) is 11.3 Å². The molecule has 0 spiro atoms. The van der Waals surface area contributed by atoms with Gasteiger partial charge < -0.3 is 13.9 Å². The van der Waals surface area contributed by atoms with E-state index >= 15 is 0 Å². The summed E-state index contributed by atoms with van der Waals surface area (Å²) in [4.78, 5) is 11.4. The zero-order valence-corrected chi connectivity index (χ0v) is 13.2. The van der Waals surface area contributed by atoms with Gasteiger partial charge in [0.05, 0.1) is 0 Å². The third-order valence-corrected chi connectivity index (χ3v) is 3.16. The van der Waals surface area contributed by atoms with Gasteiger partial charge in [0, 0.05) is 0 Å². The fourth-order valence-electron chi connectivity index (χ4n) is 1.89. The smallest absolute Gasteiger partial charge is 0.422 e. The number of alkyl halides is 3. The van der Waals surface area contributed by atoms with Crippen molar-refractivity contribution in [2.75, 3.05) is 6.61 Å². The van der Waals surface area contributed by atoms with Gasteiger partial charge in [0.25, 0.3) is 0 Å². The first-order valence-corrected chi connectivity index (χ1v) is 7.30. The van der Waals surface area contributed by atoms with Crippen molar-refractivity contribution in [1.82, 2.24) is 0 Å². The second-order valence-corrected chi connectivity index (χ2v) is 5.47. The van der Waals surface area contributed by atoms with E-state index in [0.717, 1.165) is 0 Å². The molecule has 0 atom stereocenters. The molecule has 0 aliphatic carbocycles. The molecule has 0 aliphatic rings. The Morgan fingerprint density at radius 3 is 2.38 bits per heavy atom. The maximum absolute atomic E-state index is 12.0. The van der Waals surface area contributed by atoms with Gasteiger partial charge in [-0.25, -0.2) is 4.79 Å². The average molecular weight is 342 g/mol. The topological polar surface area (TPSA) is 48.7 Å². The van der Waals surface area contributed by atoms with Crippen LogP contribution in [0.5, 0.6) is 5.75 Å². The Morgan fingerprint density at radius 2 is 1.79 bits per heavy atom. The van der Waals surface area contributed by atoms with E-state index in [1.54, 1.807) is 0 Å². The lowest BCUT2D eigenvalue weighted by atomic mass is 10.0. The predicted molar refractivity (Wildman–Crippen MR) is 79.9 cm³/mol. The number of esters is 1. The molecule has 0 amide bonds. The van der Waals surface area contributed by atoms with Crippen LogP contribution in [0.15, 0.2) is 40.8 Å². The summed E-state index contributed by atoms with van der Waals surface area (Å²) in [6.45, 7) is 2.56. The number of hydrogen-bond acceptors (Lipinski definition) is 4. The SMILES string of the molecule is CC(C)c1ccc(OCc2ccc(C(=O)OCC(F)(F)F)o2)cc1. The first kappa shape index (κ1) is 17.9. The van der Waals surface area contributed by atoms with E-state index < -0.39 is 18.8 Å². The summed E-state index contributed by atoms with van der Waals surface area (Å²) in [5.41, 5.74) is 1.18. The molecule has 0 unspecified atom stereocenters. The molecule has 1 aromatic carbocycles. The van der Waals surface area contributed by atoms with Crippen LogP contribution in [0.25, 0.3) is 0 Å². The quantitative estimate of drug-likeness (QED) is 0.714. The van der Waals surface area contributed by atoms with Gasteiger partial charge in [0.2, 0.25) is 5.76 Å². The summed E-state index contributed by atoms with van der Waals surface area (Å²) in [6.07, 6.45) is -4.57. The molecular formula is C17H17F3O4. The second kappa shape index (κ2) is 7.42. The molecule has 1 aromatic heterocycles. The fourth-order valence-corrected chi connectivity index (χ4v) is 1.89.